The van der Waals surface area contributed by atoms with Gasteiger partial charge >= 0.3 is 0 Å². The Morgan fingerprint density at radius 2 is 1.35 bits per heavy atom. The van der Waals surface area contributed by atoms with Crippen LogP contribution in [0.3, 0.4) is 0 Å². The highest BCUT2D eigenvalue weighted by atomic mass is 31.1. The van der Waals surface area contributed by atoms with Crippen LogP contribution in [-0.2, 0) is 0 Å². The zero-order valence-electron chi connectivity index (χ0n) is 16.6. The Balaban J connectivity index is 1.81. The van der Waals surface area contributed by atoms with Crippen molar-refractivity contribution in [3.8, 4) is 0 Å². The first-order chi connectivity index (χ1) is 10.8. The van der Waals surface area contributed by atoms with Crippen molar-refractivity contribution in [1.29, 1.82) is 0 Å². The van der Waals surface area contributed by atoms with Crippen molar-refractivity contribution in [2.45, 2.75) is 81.7 Å². The topological polar surface area (TPSA) is 6.48 Å². The van der Waals surface area contributed by atoms with Crippen molar-refractivity contribution in [2.75, 3.05) is 34.4 Å². The van der Waals surface area contributed by atoms with E-state index in [1.54, 1.807) is 38.0 Å². The van der Waals surface area contributed by atoms with Crippen molar-refractivity contribution in [3.63, 3.8) is 0 Å². The summed E-state index contributed by atoms with van der Waals surface area (Å²) >= 11 is 0. The van der Waals surface area contributed by atoms with Gasteiger partial charge in [-0.05, 0) is 34.4 Å². The van der Waals surface area contributed by atoms with E-state index < -0.39 is 8.07 Å². The highest BCUT2D eigenvalue weighted by Crippen LogP contribution is 2.49. The van der Waals surface area contributed by atoms with Crippen LogP contribution in [0.1, 0.15) is 38.5 Å². The fraction of sp³-hybridized carbons (Fsp3) is 1.00. The molecule has 0 radical (unpaired) electrons. The predicted octanol–water partition coefficient (Wildman–Crippen LogP) is 5.73. The Labute approximate surface area is 148 Å². The molecule has 2 fully saturated rings. The van der Waals surface area contributed by atoms with Crippen molar-refractivity contribution in [1.82, 2.24) is 9.34 Å². The van der Waals surface area contributed by atoms with Gasteiger partial charge in [0.15, 0.2) is 0 Å². The van der Waals surface area contributed by atoms with Crippen LogP contribution in [0.5, 0.6) is 0 Å². The maximum Gasteiger partial charge on any atom is 0.146 e. The van der Waals surface area contributed by atoms with E-state index in [1.807, 2.05) is 0 Å². The fourth-order valence-corrected chi connectivity index (χ4v) is 11.2. The van der Waals surface area contributed by atoms with E-state index in [0.717, 1.165) is 18.3 Å². The van der Waals surface area contributed by atoms with Crippen LogP contribution in [0.25, 0.3) is 0 Å². The third-order valence-electron chi connectivity index (χ3n) is 6.58. The van der Waals surface area contributed by atoms with E-state index in [-0.39, 0.29) is 8.22 Å². The van der Waals surface area contributed by atoms with Gasteiger partial charge in [0.05, 0.1) is 0 Å². The van der Waals surface area contributed by atoms with E-state index in [1.165, 1.54) is 25.0 Å². The summed E-state index contributed by atoms with van der Waals surface area (Å²) in [5, 5.41) is 0. The number of hydrogen-bond donors (Lipinski definition) is 0. The molecule has 0 spiro atoms. The molecule has 2 nitrogen and oxygen atoms in total. The second kappa shape index (κ2) is 8.83. The van der Waals surface area contributed by atoms with Crippen LogP contribution < -0.4 is 0 Å². The lowest BCUT2D eigenvalue weighted by Crippen LogP contribution is -2.37. The monoisotopic (exact) mass is 354 g/mol. The summed E-state index contributed by atoms with van der Waals surface area (Å²) < 4.78 is 4.90. The van der Waals surface area contributed by atoms with Crippen molar-refractivity contribution < 1.29 is 0 Å². The average molecular weight is 354 g/mol. The van der Waals surface area contributed by atoms with Gasteiger partial charge in [0.1, 0.15) is 6.71 Å². The summed E-state index contributed by atoms with van der Waals surface area (Å²) in [5.74, 6) is 2.21. The Kier molecular flexibility index (Phi) is 7.66. The van der Waals surface area contributed by atoms with Gasteiger partial charge < -0.3 is 0 Å². The molecule has 0 saturated carbocycles. The maximum absolute atomic E-state index is 2.66. The molecule has 0 aliphatic carbocycles. The van der Waals surface area contributed by atoms with Gasteiger partial charge in [0.25, 0.3) is 0 Å². The van der Waals surface area contributed by atoms with E-state index in [2.05, 4.69) is 50.6 Å². The first kappa shape index (κ1) is 20.0. The summed E-state index contributed by atoms with van der Waals surface area (Å²) in [6.45, 7) is 6.42. The Bertz CT molecular complexity index is 335. The molecule has 134 valence electrons. The second-order valence-electron chi connectivity index (χ2n) is 9.29. The molecule has 0 unspecified atom stereocenters. The van der Waals surface area contributed by atoms with Crippen LogP contribution in [0, 0.1) is 0 Å². The highest BCUT2D eigenvalue weighted by molar-refractivity contribution is 7.52. The van der Waals surface area contributed by atoms with E-state index in [0.29, 0.717) is 0 Å². The molecule has 2 bridgehead atoms. The minimum absolute atomic E-state index is 0.0764. The number of fused-ring (bicyclic) bond motifs is 2. The first-order valence-corrected chi connectivity index (χ1v) is 14.8. The molecular formula is C18H40BN2PSi. The van der Waals surface area contributed by atoms with Crippen LogP contribution >= 0.6 is 8.22 Å². The molecule has 0 atom stereocenters. The van der Waals surface area contributed by atoms with Gasteiger partial charge in [-0.15, -0.1) is 0 Å². The lowest BCUT2D eigenvalue weighted by molar-refractivity contribution is 0.442. The normalized spacial score (nSPS) is 25.7. The van der Waals surface area contributed by atoms with Crippen LogP contribution in [-0.4, -0.2) is 58.5 Å². The zero-order valence-corrected chi connectivity index (χ0v) is 18.5. The molecule has 0 aromatic carbocycles. The summed E-state index contributed by atoms with van der Waals surface area (Å²) in [4.78, 5) is 0. The van der Waals surface area contributed by atoms with Crippen LogP contribution in [0.2, 0.25) is 43.1 Å². The van der Waals surface area contributed by atoms with Crippen molar-refractivity contribution in [2.24, 2.45) is 0 Å². The lowest BCUT2D eigenvalue weighted by atomic mass is 9.26. The van der Waals surface area contributed by atoms with E-state index in [4.69, 9.17) is 0 Å². The number of rotatable bonds is 8. The Morgan fingerprint density at radius 1 is 0.870 bits per heavy atom. The molecular weight excluding hydrogens is 314 g/mol. The van der Waals surface area contributed by atoms with Crippen molar-refractivity contribution >= 4 is 23.0 Å². The highest BCUT2D eigenvalue weighted by Gasteiger charge is 2.39. The minimum Gasteiger partial charge on any atom is -0.276 e. The largest absolute Gasteiger partial charge is 0.276 e. The average Bonchev–Trinajstić information content (AvgIpc) is 2.44. The SMILES string of the molecule is CN(C)P(CC[Si](C)(C)CCB1C2CCCC1CCC2)N(C)C. The fourth-order valence-electron chi connectivity index (χ4n) is 5.13. The molecule has 2 aliphatic rings. The number of nitrogens with zero attached hydrogens (tertiary/aromatic N) is 2. The van der Waals surface area contributed by atoms with Gasteiger partial charge in [-0.25, -0.2) is 0 Å². The minimum atomic E-state index is -1.03. The second-order valence-corrected chi connectivity index (χ2v) is 17.4. The third-order valence-corrected chi connectivity index (χ3v) is 12.7. The molecule has 5 heteroatoms. The molecule has 2 saturated heterocycles. The predicted molar refractivity (Wildman–Crippen MR) is 112 cm³/mol. The van der Waals surface area contributed by atoms with Crippen LogP contribution in [0.4, 0.5) is 0 Å². The van der Waals surface area contributed by atoms with Gasteiger partial charge in [0, 0.05) is 16.3 Å². The lowest BCUT2D eigenvalue weighted by Gasteiger charge is -2.42. The zero-order chi connectivity index (χ0) is 17.0. The third kappa shape index (κ3) is 5.84. The molecule has 0 amide bonds. The molecule has 0 N–H and O–H groups in total. The Hall–Kier alpha value is 0.632. The van der Waals surface area contributed by atoms with Crippen molar-refractivity contribution in [3.05, 3.63) is 0 Å². The molecule has 0 aromatic rings. The van der Waals surface area contributed by atoms with E-state index in [9.17, 15) is 0 Å². The van der Waals surface area contributed by atoms with Gasteiger partial charge in [-0.1, -0.05) is 81.7 Å². The van der Waals surface area contributed by atoms with Gasteiger partial charge in [-0.3, -0.25) is 9.34 Å². The number of hydrogen-bond acceptors (Lipinski definition) is 2. The summed E-state index contributed by atoms with van der Waals surface area (Å²) in [5.41, 5.74) is 0. The smallest absolute Gasteiger partial charge is 0.146 e. The Morgan fingerprint density at radius 3 is 1.78 bits per heavy atom. The summed E-state index contributed by atoms with van der Waals surface area (Å²) in [6.07, 6.45) is 12.2. The first-order valence-electron chi connectivity index (χ1n) is 9.92. The van der Waals surface area contributed by atoms with Crippen LogP contribution in [0.15, 0.2) is 0 Å². The molecule has 2 rings (SSSR count). The molecule has 0 aromatic heterocycles. The summed E-state index contributed by atoms with van der Waals surface area (Å²) in [7, 11) is 7.91. The van der Waals surface area contributed by atoms with E-state index >= 15 is 0 Å². The molecule has 2 aliphatic heterocycles. The quantitative estimate of drug-likeness (QED) is 0.405. The molecule has 2 heterocycles. The van der Waals surface area contributed by atoms with Gasteiger partial charge in [0.2, 0.25) is 0 Å². The maximum atomic E-state index is 2.66. The molecule has 23 heavy (non-hydrogen) atoms. The summed E-state index contributed by atoms with van der Waals surface area (Å²) in [6, 6.07) is 3.09. The van der Waals surface area contributed by atoms with Gasteiger partial charge in [-0.2, -0.15) is 0 Å². The standard InChI is InChI=1S/C18H40BN2PSi/c1-20(2)22(21(3)4)14-16-23(5,6)15-13-19-17-9-7-10-18(19)12-8-11-17/h17-18H,7-16H2,1-6H3.